The lowest BCUT2D eigenvalue weighted by Crippen LogP contribution is -2.25. The van der Waals surface area contributed by atoms with Crippen molar-refractivity contribution in [3.63, 3.8) is 0 Å². The maximum atomic E-state index is 13.1. The lowest BCUT2D eigenvalue weighted by Gasteiger charge is -2.10. The number of ketones is 1. The Hall–Kier alpha value is -2.73. The summed E-state index contributed by atoms with van der Waals surface area (Å²) in [6, 6.07) is 7.75. The monoisotopic (exact) mass is 377 g/mol. The molecule has 3 heterocycles. The van der Waals surface area contributed by atoms with Gasteiger partial charge in [0.15, 0.2) is 5.78 Å². The molecule has 0 radical (unpaired) electrons. The quantitative estimate of drug-likeness (QED) is 0.549. The zero-order valence-corrected chi connectivity index (χ0v) is 15.9. The number of carbonyl (C=O) groups is 1. The summed E-state index contributed by atoms with van der Waals surface area (Å²) in [5.74, 6) is -0.0719. The van der Waals surface area contributed by atoms with Gasteiger partial charge in [-0.15, -0.1) is 11.3 Å². The van der Waals surface area contributed by atoms with E-state index in [0.717, 1.165) is 51.6 Å². The fourth-order valence-electron chi connectivity index (χ4n) is 4.16. The van der Waals surface area contributed by atoms with Gasteiger partial charge in [0.05, 0.1) is 18.3 Å². The minimum atomic E-state index is -0.0924. The van der Waals surface area contributed by atoms with Crippen molar-refractivity contribution < 1.29 is 4.79 Å². The van der Waals surface area contributed by atoms with Crippen molar-refractivity contribution in [2.75, 3.05) is 0 Å². The number of nitrogens with zero attached hydrogens (tertiary/aromatic N) is 2. The third-order valence-corrected chi connectivity index (χ3v) is 6.63. The summed E-state index contributed by atoms with van der Waals surface area (Å²) in [4.78, 5) is 35.9. The highest BCUT2D eigenvalue weighted by Gasteiger charge is 2.22. The minimum absolute atomic E-state index is 0.00901. The molecule has 1 aliphatic rings. The van der Waals surface area contributed by atoms with E-state index in [0.29, 0.717) is 5.56 Å². The molecule has 0 amide bonds. The Morgan fingerprint density at radius 3 is 2.96 bits per heavy atom. The normalized spacial score (nSPS) is 14.0. The zero-order valence-electron chi connectivity index (χ0n) is 15.0. The number of H-pyrrole nitrogens is 1. The van der Waals surface area contributed by atoms with Crippen molar-refractivity contribution >= 4 is 38.2 Å². The van der Waals surface area contributed by atoms with Crippen LogP contribution in [0.2, 0.25) is 0 Å². The van der Waals surface area contributed by atoms with Gasteiger partial charge in [-0.3, -0.25) is 14.2 Å². The van der Waals surface area contributed by atoms with E-state index in [2.05, 4.69) is 9.97 Å². The van der Waals surface area contributed by atoms with E-state index in [9.17, 15) is 9.59 Å². The first-order chi connectivity index (χ1) is 13.1. The molecule has 0 atom stereocenters. The molecule has 0 saturated carbocycles. The van der Waals surface area contributed by atoms with Gasteiger partial charge in [0.2, 0.25) is 0 Å². The Morgan fingerprint density at radius 2 is 2.07 bits per heavy atom. The molecule has 1 aliphatic carbocycles. The summed E-state index contributed by atoms with van der Waals surface area (Å²) < 4.78 is 1.47. The molecule has 6 heteroatoms. The van der Waals surface area contributed by atoms with Crippen LogP contribution < -0.4 is 5.56 Å². The third-order valence-electron chi connectivity index (χ3n) is 5.43. The van der Waals surface area contributed by atoms with Crippen LogP contribution in [0, 0.1) is 6.92 Å². The summed E-state index contributed by atoms with van der Waals surface area (Å²) in [6.45, 7) is 1.90. The highest BCUT2D eigenvalue weighted by Crippen LogP contribution is 2.33. The highest BCUT2D eigenvalue weighted by molar-refractivity contribution is 7.18. The number of rotatable bonds is 3. The largest absolute Gasteiger partial charge is 0.358 e. The Morgan fingerprint density at radius 1 is 1.26 bits per heavy atom. The second kappa shape index (κ2) is 6.16. The molecule has 0 aliphatic heterocycles. The van der Waals surface area contributed by atoms with Crippen molar-refractivity contribution in [2.45, 2.75) is 39.2 Å². The SMILES string of the molecule is Cc1[nH]c2ccccc2c1C(=O)Cn1cnc2sc3c(c2c1=O)CCCC3. The van der Waals surface area contributed by atoms with Crippen LogP contribution in [0.3, 0.4) is 0 Å². The van der Waals surface area contributed by atoms with Crippen molar-refractivity contribution in [1.29, 1.82) is 0 Å². The third kappa shape index (κ3) is 2.55. The van der Waals surface area contributed by atoms with Crippen LogP contribution in [0.25, 0.3) is 21.1 Å². The Balaban J connectivity index is 1.58. The summed E-state index contributed by atoms with van der Waals surface area (Å²) >= 11 is 1.63. The Kier molecular flexibility index (Phi) is 3.75. The summed E-state index contributed by atoms with van der Waals surface area (Å²) in [6.07, 6.45) is 5.77. The first-order valence-corrected chi connectivity index (χ1v) is 10.1. The predicted octanol–water partition coefficient (Wildman–Crippen LogP) is 4.01. The first-order valence-electron chi connectivity index (χ1n) is 9.23. The van der Waals surface area contributed by atoms with Crippen LogP contribution in [0.4, 0.5) is 0 Å². The number of aryl methyl sites for hydroxylation is 3. The average Bonchev–Trinajstić information content (AvgIpc) is 3.21. The van der Waals surface area contributed by atoms with E-state index in [1.807, 2.05) is 31.2 Å². The highest BCUT2D eigenvalue weighted by atomic mass is 32.1. The van der Waals surface area contributed by atoms with Crippen LogP contribution in [-0.4, -0.2) is 20.3 Å². The number of benzene rings is 1. The van der Waals surface area contributed by atoms with Gasteiger partial charge >= 0.3 is 0 Å². The van der Waals surface area contributed by atoms with Gasteiger partial charge in [-0.1, -0.05) is 18.2 Å². The molecular formula is C21H19N3O2S. The number of Topliss-reactive ketones (excluding diaryl/α,β-unsaturated/α-hetero) is 1. The number of fused-ring (bicyclic) bond motifs is 4. The molecule has 5 nitrogen and oxygen atoms in total. The van der Waals surface area contributed by atoms with Crippen LogP contribution in [-0.2, 0) is 19.4 Å². The van der Waals surface area contributed by atoms with Gasteiger partial charge < -0.3 is 4.98 Å². The number of aromatic amines is 1. The van der Waals surface area contributed by atoms with Crippen molar-refractivity contribution in [2.24, 2.45) is 0 Å². The molecule has 0 spiro atoms. The van der Waals surface area contributed by atoms with Crippen LogP contribution >= 0.6 is 11.3 Å². The number of hydrogen-bond acceptors (Lipinski definition) is 4. The van der Waals surface area contributed by atoms with Gasteiger partial charge in [-0.25, -0.2) is 4.98 Å². The Bertz CT molecular complexity index is 1260. The Labute approximate surface area is 159 Å². The van der Waals surface area contributed by atoms with E-state index >= 15 is 0 Å². The minimum Gasteiger partial charge on any atom is -0.358 e. The number of carbonyl (C=O) groups excluding carboxylic acids is 1. The molecule has 136 valence electrons. The van der Waals surface area contributed by atoms with E-state index < -0.39 is 0 Å². The number of para-hydroxylation sites is 1. The standard InChI is InChI=1S/C21H19N3O2S/c1-12-18(13-6-2-4-8-15(13)23-12)16(25)10-24-11-22-20-19(21(24)26)14-7-3-5-9-17(14)27-20/h2,4,6,8,11,23H,3,5,7,9-10H2,1H3. The molecule has 0 fully saturated rings. The maximum absolute atomic E-state index is 13.1. The molecule has 4 aromatic rings. The van der Waals surface area contributed by atoms with Gasteiger partial charge in [0.25, 0.3) is 5.56 Å². The summed E-state index contributed by atoms with van der Waals surface area (Å²) in [5, 5.41) is 1.62. The molecule has 1 N–H and O–H groups in total. The molecule has 5 rings (SSSR count). The number of aromatic nitrogens is 3. The van der Waals surface area contributed by atoms with Crippen LogP contribution in [0.15, 0.2) is 35.4 Å². The fourth-order valence-corrected chi connectivity index (χ4v) is 5.38. The van der Waals surface area contributed by atoms with E-state index in [4.69, 9.17) is 0 Å². The van der Waals surface area contributed by atoms with E-state index in [1.54, 1.807) is 11.3 Å². The molecule has 0 saturated heterocycles. The smallest absolute Gasteiger partial charge is 0.262 e. The van der Waals surface area contributed by atoms with Gasteiger partial charge in [0, 0.05) is 27.0 Å². The van der Waals surface area contributed by atoms with E-state index in [1.165, 1.54) is 22.2 Å². The lowest BCUT2D eigenvalue weighted by atomic mass is 9.97. The second-order valence-electron chi connectivity index (χ2n) is 7.16. The van der Waals surface area contributed by atoms with Crippen molar-refractivity contribution in [3.05, 3.63) is 62.6 Å². The molecule has 3 aromatic heterocycles. The zero-order chi connectivity index (χ0) is 18.5. The predicted molar refractivity (Wildman–Crippen MR) is 108 cm³/mol. The molecule has 0 bridgehead atoms. The maximum Gasteiger partial charge on any atom is 0.262 e. The second-order valence-corrected chi connectivity index (χ2v) is 8.25. The van der Waals surface area contributed by atoms with Gasteiger partial charge in [-0.2, -0.15) is 0 Å². The number of hydrogen-bond donors (Lipinski definition) is 1. The van der Waals surface area contributed by atoms with Crippen LogP contribution in [0.1, 0.15) is 39.3 Å². The number of nitrogens with one attached hydrogen (secondary N) is 1. The first kappa shape index (κ1) is 16.4. The molecule has 27 heavy (non-hydrogen) atoms. The number of thiophene rings is 1. The fraction of sp³-hybridized carbons (Fsp3) is 0.286. The van der Waals surface area contributed by atoms with Crippen LogP contribution in [0.5, 0.6) is 0 Å². The van der Waals surface area contributed by atoms with E-state index in [-0.39, 0.29) is 17.9 Å². The van der Waals surface area contributed by atoms with Gasteiger partial charge in [-0.05, 0) is 44.2 Å². The summed E-state index contributed by atoms with van der Waals surface area (Å²) in [5.41, 5.74) is 3.49. The summed E-state index contributed by atoms with van der Waals surface area (Å²) in [7, 11) is 0. The lowest BCUT2D eigenvalue weighted by molar-refractivity contribution is 0.0971. The molecule has 0 unspecified atom stereocenters. The molecule has 1 aromatic carbocycles. The average molecular weight is 377 g/mol. The van der Waals surface area contributed by atoms with Gasteiger partial charge in [0.1, 0.15) is 4.83 Å². The topological polar surface area (TPSA) is 67.8 Å². The van der Waals surface area contributed by atoms with Crippen molar-refractivity contribution in [1.82, 2.24) is 14.5 Å². The molecular weight excluding hydrogens is 358 g/mol. The van der Waals surface area contributed by atoms with Crippen molar-refractivity contribution in [3.8, 4) is 0 Å².